The van der Waals surface area contributed by atoms with Gasteiger partial charge in [-0.25, -0.2) is 0 Å². The zero-order valence-corrected chi connectivity index (χ0v) is 17.3. The van der Waals surface area contributed by atoms with Crippen molar-refractivity contribution in [2.45, 2.75) is 33.4 Å². The van der Waals surface area contributed by atoms with Gasteiger partial charge >= 0.3 is 0 Å². The van der Waals surface area contributed by atoms with E-state index in [1.54, 1.807) is 21.1 Å². The number of aryl methyl sites for hydroxylation is 1. The van der Waals surface area contributed by atoms with Crippen LogP contribution in [0.4, 0.5) is 0 Å². The number of likely N-dealkylation sites (N-methyl/N-ethyl adjacent to an activating group) is 1. The number of hydrogen-bond donors (Lipinski definition) is 0. The molecular formula is C22H25N3O4. The van der Waals surface area contributed by atoms with Gasteiger partial charge in [-0.2, -0.15) is 4.98 Å². The number of amides is 1. The average Bonchev–Trinajstić information content (AvgIpc) is 3.19. The Morgan fingerprint density at radius 1 is 1.17 bits per heavy atom. The average molecular weight is 395 g/mol. The van der Waals surface area contributed by atoms with Gasteiger partial charge in [-0.1, -0.05) is 17.3 Å². The topological polar surface area (TPSA) is 77.7 Å². The molecule has 0 fully saturated rings. The zero-order chi connectivity index (χ0) is 21.0. The molecule has 7 heteroatoms. The van der Waals surface area contributed by atoms with E-state index in [0.29, 0.717) is 17.5 Å². The Morgan fingerprint density at radius 3 is 2.59 bits per heavy atom. The van der Waals surface area contributed by atoms with Gasteiger partial charge in [-0.05, 0) is 62.2 Å². The maximum Gasteiger partial charge on any atom is 0.263 e. The first-order valence-electron chi connectivity index (χ1n) is 9.34. The number of hydrogen-bond acceptors (Lipinski definition) is 6. The summed E-state index contributed by atoms with van der Waals surface area (Å²) >= 11 is 0. The highest BCUT2D eigenvalue weighted by Gasteiger charge is 2.22. The van der Waals surface area contributed by atoms with Crippen molar-refractivity contribution in [3.63, 3.8) is 0 Å². The van der Waals surface area contributed by atoms with E-state index in [0.717, 1.165) is 22.4 Å². The van der Waals surface area contributed by atoms with E-state index in [1.807, 2.05) is 56.3 Å². The number of nitrogens with zero attached hydrogens (tertiary/aromatic N) is 3. The van der Waals surface area contributed by atoms with Crippen LogP contribution in [-0.4, -0.2) is 41.2 Å². The van der Waals surface area contributed by atoms with Crippen molar-refractivity contribution in [2.75, 3.05) is 14.2 Å². The van der Waals surface area contributed by atoms with E-state index >= 15 is 0 Å². The Balaban J connectivity index is 1.63. The maximum absolute atomic E-state index is 12.7. The molecule has 152 valence electrons. The highest BCUT2D eigenvalue weighted by molar-refractivity contribution is 5.80. The van der Waals surface area contributed by atoms with Crippen molar-refractivity contribution >= 4 is 5.91 Å². The summed E-state index contributed by atoms with van der Waals surface area (Å²) in [5.74, 6) is 2.10. The quantitative estimate of drug-likeness (QED) is 0.606. The lowest BCUT2D eigenvalue weighted by atomic mass is 10.1. The molecule has 0 spiro atoms. The molecule has 0 saturated carbocycles. The minimum atomic E-state index is -0.635. The van der Waals surface area contributed by atoms with Crippen LogP contribution in [0.5, 0.6) is 11.5 Å². The molecule has 0 radical (unpaired) electrons. The minimum absolute atomic E-state index is 0.171. The van der Waals surface area contributed by atoms with Gasteiger partial charge in [0.25, 0.3) is 5.91 Å². The molecule has 29 heavy (non-hydrogen) atoms. The van der Waals surface area contributed by atoms with E-state index in [1.165, 1.54) is 4.90 Å². The van der Waals surface area contributed by atoms with Crippen molar-refractivity contribution in [2.24, 2.45) is 0 Å². The van der Waals surface area contributed by atoms with Crippen molar-refractivity contribution < 1.29 is 18.8 Å². The molecule has 0 bridgehead atoms. The Bertz CT molecular complexity index is 982. The first kappa shape index (κ1) is 20.4. The number of benzene rings is 2. The highest BCUT2D eigenvalue weighted by atomic mass is 16.5. The van der Waals surface area contributed by atoms with Gasteiger partial charge < -0.3 is 18.9 Å². The van der Waals surface area contributed by atoms with Crippen LogP contribution in [0.2, 0.25) is 0 Å². The number of carbonyl (C=O) groups excluding carboxylic acids is 1. The highest BCUT2D eigenvalue weighted by Crippen LogP contribution is 2.23. The SMILES string of the molecule is COc1ccc(-c2noc(CN(C)C(=O)[C@H](C)Oc3cccc(C)c3C)n2)cc1. The Morgan fingerprint density at radius 2 is 1.90 bits per heavy atom. The molecule has 0 aliphatic rings. The Labute approximate surface area is 170 Å². The van der Waals surface area contributed by atoms with Gasteiger partial charge in [0.05, 0.1) is 13.7 Å². The van der Waals surface area contributed by atoms with E-state index < -0.39 is 6.10 Å². The molecule has 0 N–H and O–H groups in total. The summed E-state index contributed by atoms with van der Waals surface area (Å²) in [7, 11) is 3.29. The molecule has 2 aromatic carbocycles. The van der Waals surface area contributed by atoms with Crippen molar-refractivity contribution in [3.8, 4) is 22.9 Å². The molecule has 1 heterocycles. The van der Waals surface area contributed by atoms with Crippen LogP contribution in [0.1, 0.15) is 23.9 Å². The predicted molar refractivity (Wildman–Crippen MR) is 109 cm³/mol. The minimum Gasteiger partial charge on any atom is -0.497 e. The molecule has 1 amide bonds. The van der Waals surface area contributed by atoms with Gasteiger partial charge in [0.2, 0.25) is 11.7 Å². The second-order valence-corrected chi connectivity index (χ2v) is 6.89. The lowest BCUT2D eigenvalue weighted by molar-refractivity contribution is -0.137. The fourth-order valence-electron chi connectivity index (χ4n) is 2.86. The molecule has 0 aliphatic heterocycles. The molecule has 7 nitrogen and oxygen atoms in total. The summed E-state index contributed by atoms with van der Waals surface area (Å²) in [6.45, 7) is 5.92. The lowest BCUT2D eigenvalue weighted by Gasteiger charge is -2.21. The van der Waals surface area contributed by atoms with Crippen molar-refractivity contribution in [1.82, 2.24) is 15.0 Å². The zero-order valence-electron chi connectivity index (χ0n) is 17.3. The molecule has 1 aromatic heterocycles. The third-order valence-electron chi connectivity index (χ3n) is 4.77. The molecule has 0 saturated heterocycles. The summed E-state index contributed by atoms with van der Waals surface area (Å²) in [4.78, 5) is 18.6. The second kappa shape index (κ2) is 8.77. The second-order valence-electron chi connectivity index (χ2n) is 6.89. The van der Waals surface area contributed by atoms with Crippen molar-refractivity contribution in [1.29, 1.82) is 0 Å². The standard InChI is InChI=1S/C22H25N3O4/c1-14-7-6-8-19(15(14)2)28-16(3)22(26)25(4)13-20-23-21(24-29-20)17-9-11-18(27-5)12-10-17/h6-12,16H,13H2,1-5H3/t16-/m0/s1. The number of methoxy groups -OCH3 is 1. The molecule has 1 atom stereocenters. The smallest absolute Gasteiger partial charge is 0.263 e. The van der Waals surface area contributed by atoms with Crippen LogP contribution in [0.3, 0.4) is 0 Å². The van der Waals surface area contributed by atoms with Crippen molar-refractivity contribution in [3.05, 3.63) is 59.5 Å². The summed E-state index contributed by atoms with van der Waals surface area (Å²) in [6, 6.07) is 13.1. The van der Waals surface area contributed by atoms with E-state index in [2.05, 4.69) is 10.1 Å². The first-order valence-corrected chi connectivity index (χ1v) is 9.34. The fourth-order valence-corrected chi connectivity index (χ4v) is 2.86. The fraction of sp³-hybridized carbons (Fsp3) is 0.318. The van der Waals surface area contributed by atoms with Gasteiger partial charge in [0, 0.05) is 12.6 Å². The molecule has 3 aromatic rings. The molecule has 3 rings (SSSR count). The molecule has 0 aliphatic carbocycles. The van der Waals surface area contributed by atoms with Crippen LogP contribution < -0.4 is 9.47 Å². The first-order chi connectivity index (χ1) is 13.9. The van der Waals surface area contributed by atoms with Gasteiger partial charge in [-0.15, -0.1) is 0 Å². The number of rotatable bonds is 7. The normalized spacial score (nSPS) is 11.8. The van der Waals surface area contributed by atoms with E-state index in [4.69, 9.17) is 14.0 Å². The molecular weight excluding hydrogens is 370 g/mol. The largest absolute Gasteiger partial charge is 0.497 e. The maximum atomic E-state index is 12.7. The predicted octanol–water partition coefficient (Wildman–Crippen LogP) is 3.79. The summed E-state index contributed by atoms with van der Waals surface area (Å²) in [6.07, 6.45) is -0.635. The monoisotopic (exact) mass is 395 g/mol. The number of aromatic nitrogens is 2. The van der Waals surface area contributed by atoms with E-state index in [9.17, 15) is 4.79 Å². The van der Waals surface area contributed by atoms with Gasteiger partial charge in [-0.3, -0.25) is 4.79 Å². The summed E-state index contributed by atoms with van der Waals surface area (Å²) in [5.41, 5.74) is 2.95. The van der Waals surface area contributed by atoms with E-state index in [-0.39, 0.29) is 12.5 Å². The van der Waals surface area contributed by atoms with Crippen LogP contribution in [0, 0.1) is 13.8 Å². The van der Waals surface area contributed by atoms with Crippen LogP contribution in [0.15, 0.2) is 47.0 Å². The summed E-state index contributed by atoms with van der Waals surface area (Å²) < 4.78 is 16.3. The Hall–Kier alpha value is -3.35. The molecule has 0 unspecified atom stereocenters. The number of carbonyl (C=O) groups is 1. The van der Waals surface area contributed by atoms with Crippen LogP contribution >= 0.6 is 0 Å². The van der Waals surface area contributed by atoms with Crippen LogP contribution in [0.25, 0.3) is 11.4 Å². The third kappa shape index (κ3) is 4.74. The number of ether oxygens (including phenoxy) is 2. The third-order valence-corrected chi connectivity index (χ3v) is 4.77. The van der Waals surface area contributed by atoms with Crippen LogP contribution in [-0.2, 0) is 11.3 Å². The Kier molecular flexibility index (Phi) is 6.16. The van der Waals surface area contributed by atoms with Gasteiger partial charge in [0.1, 0.15) is 11.5 Å². The van der Waals surface area contributed by atoms with Gasteiger partial charge in [0.15, 0.2) is 6.10 Å². The summed E-state index contributed by atoms with van der Waals surface area (Å²) in [5, 5.41) is 3.99. The lowest BCUT2D eigenvalue weighted by Crippen LogP contribution is -2.37.